The highest BCUT2D eigenvalue weighted by Gasteiger charge is 2.29. The van der Waals surface area contributed by atoms with E-state index >= 15 is 0 Å². The average Bonchev–Trinajstić information content (AvgIpc) is 1.55. The molecule has 0 saturated heterocycles. The van der Waals surface area contributed by atoms with Crippen LogP contribution in [-0.2, 0) is 57.2 Å². The molecule has 0 radical (unpaired) electrons. The van der Waals surface area contributed by atoms with Crippen molar-refractivity contribution in [3.63, 3.8) is 0 Å². The Morgan fingerprint density at radius 2 is 0.444 bits per heavy atom. The van der Waals surface area contributed by atoms with Gasteiger partial charge in [0.15, 0.2) is 46.0 Å². The first kappa shape index (κ1) is 113. The van der Waals surface area contributed by atoms with Gasteiger partial charge in [0.05, 0.1) is 137 Å². The Labute approximate surface area is 853 Å². The van der Waals surface area contributed by atoms with Gasteiger partial charge in [-0.1, -0.05) is 130 Å². The van der Waals surface area contributed by atoms with Crippen LogP contribution >= 0.6 is 0 Å². The summed E-state index contributed by atoms with van der Waals surface area (Å²) in [5.41, 5.74) is 14.2. The number of unbranched alkanes of at least 4 members (excludes halogenated alkanes) is 20. The average molecular weight is 1970 g/mol. The molecule has 6 heterocycles. The van der Waals surface area contributed by atoms with Gasteiger partial charge in [0.1, 0.15) is 0 Å². The molecular formula is C120H156N4O20. The molecule has 0 aliphatic carbocycles. The zero-order chi connectivity index (χ0) is 103. The van der Waals surface area contributed by atoms with Crippen molar-refractivity contribution in [1.29, 1.82) is 0 Å². The van der Waals surface area contributed by atoms with E-state index in [1.807, 2.05) is 18.2 Å². The van der Waals surface area contributed by atoms with Crippen molar-refractivity contribution in [3.05, 3.63) is 193 Å². The van der Waals surface area contributed by atoms with E-state index in [2.05, 4.69) is 179 Å². The van der Waals surface area contributed by atoms with Gasteiger partial charge in [-0.3, -0.25) is 0 Å². The zero-order valence-electron chi connectivity index (χ0n) is 87.4. The van der Waals surface area contributed by atoms with Crippen molar-refractivity contribution in [2.24, 2.45) is 11.8 Å². The number of carbonyl (C=O) groups is 6. The summed E-state index contributed by atoms with van der Waals surface area (Å²) in [7, 11) is 0. The van der Waals surface area contributed by atoms with Crippen molar-refractivity contribution in [2.75, 3.05) is 92.5 Å². The fraction of sp³-hybridized carbons (Fsp3) is 0.483. The zero-order valence-corrected chi connectivity index (χ0v) is 87.4. The number of hydrogen-bond acceptors (Lipinski definition) is 22. The molecule has 4 aromatic carbocycles. The first-order valence-electron chi connectivity index (χ1n) is 52.6. The third kappa shape index (κ3) is 34.7. The van der Waals surface area contributed by atoms with Crippen LogP contribution in [-0.4, -0.2) is 147 Å². The molecule has 2 atom stereocenters. The van der Waals surface area contributed by atoms with Crippen LogP contribution in [0.4, 0.5) is 0 Å². The smallest absolute Gasteiger partial charge is 0.333 e. The van der Waals surface area contributed by atoms with Crippen molar-refractivity contribution in [2.45, 2.75) is 275 Å². The summed E-state index contributed by atoms with van der Waals surface area (Å²) in [5.74, 6) is 2.82. The van der Waals surface area contributed by atoms with Crippen LogP contribution in [0, 0.1) is 11.8 Å². The molecule has 0 spiro atoms. The van der Waals surface area contributed by atoms with E-state index in [1.165, 1.54) is 0 Å². The van der Waals surface area contributed by atoms with Gasteiger partial charge in [-0.25, -0.2) is 47.8 Å². The number of nitrogens with zero attached hydrogens (tertiary/aromatic N) is 4. The number of rotatable bonds is 72. The molecule has 4 bridgehead atoms. The van der Waals surface area contributed by atoms with Crippen LogP contribution in [0.2, 0.25) is 0 Å². The molecule has 2 aliphatic heterocycles. The summed E-state index contributed by atoms with van der Waals surface area (Å²) < 4.78 is 93.1. The second-order valence-corrected chi connectivity index (χ2v) is 37.9. The molecular weight excluding hydrogens is 1820 g/mol. The van der Waals surface area contributed by atoms with Gasteiger partial charge in [-0.05, 0) is 340 Å². The van der Waals surface area contributed by atoms with Crippen LogP contribution in [0.3, 0.4) is 0 Å². The Morgan fingerprint density at radius 3 is 0.653 bits per heavy atom. The number of hydrogen-bond donors (Lipinski definition) is 0. The van der Waals surface area contributed by atoms with Crippen LogP contribution < -0.4 is 37.9 Å². The molecule has 0 saturated carbocycles. The van der Waals surface area contributed by atoms with Gasteiger partial charge in [0, 0.05) is 55.7 Å². The predicted molar refractivity (Wildman–Crippen MR) is 575 cm³/mol. The van der Waals surface area contributed by atoms with E-state index in [9.17, 15) is 28.8 Å². The first-order valence-corrected chi connectivity index (χ1v) is 52.6. The molecule has 8 aromatic rings. The lowest BCUT2D eigenvalue weighted by atomic mass is 10.00. The van der Waals surface area contributed by atoms with Crippen molar-refractivity contribution < 1.29 is 95.1 Å². The van der Waals surface area contributed by atoms with Gasteiger partial charge in [0.25, 0.3) is 0 Å². The van der Waals surface area contributed by atoms with Gasteiger partial charge in [0.2, 0.25) is 0 Å². The van der Waals surface area contributed by atoms with E-state index in [4.69, 9.17) is 76.3 Å². The summed E-state index contributed by atoms with van der Waals surface area (Å²) in [6.07, 6.45) is 34.9. The van der Waals surface area contributed by atoms with E-state index in [1.54, 1.807) is 41.5 Å². The Morgan fingerprint density at radius 1 is 0.250 bits per heavy atom. The van der Waals surface area contributed by atoms with Crippen molar-refractivity contribution >= 4 is 82.2 Å². The number of carbonyl (C=O) groups excluding carboxylic acids is 6. The molecule has 4 aromatic heterocycles. The summed E-state index contributed by atoms with van der Waals surface area (Å²) in [4.78, 5) is 85.7. The van der Waals surface area contributed by atoms with E-state index < -0.39 is 35.8 Å². The fourth-order valence-corrected chi connectivity index (χ4v) is 17.0. The maximum absolute atomic E-state index is 12.4. The monoisotopic (exact) mass is 1970 g/mol. The van der Waals surface area contributed by atoms with Crippen LogP contribution in [0.5, 0.6) is 46.0 Å². The van der Waals surface area contributed by atoms with Crippen molar-refractivity contribution in [1.82, 2.24) is 19.0 Å². The molecule has 2 aliphatic rings. The molecule has 144 heavy (non-hydrogen) atoms. The lowest BCUT2D eigenvalue weighted by Gasteiger charge is -2.21. The van der Waals surface area contributed by atoms with E-state index in [-0.39, 0.29) is 19.8 Å². The largest absolute Gasteiger partial charge is 0.490 e. The molecule has 2 unspecified atom stereocenters. The lowest BCUT2D eigenvalue weighted by molar-refractivity contribution is -0.139. The number of fused-ring (bicyclic) bond motifs is 4. The third-order valence-corrected chi connectivity index (χ3v) is 25.5. The molecule has 24 heteroatoms. The van der Waals surface area contributed by atoms with E-state index in [0.717, 1.165) is 214 Å². The van der Waals surface area contributed by atoms with E-state index in [0.29, 0.717) is 245 Å². The van der Waals surface area contributed by atoms with Crippen LogP contribution in [0.1, 0.15) is 297 Å². The molecule has 10 rings (SSSR count). The number of aromatic nitrogens is 4. The van der Waals surface area contributed by atoms with Crippen LogP contribution in [0.15, 0.2) is 170 Å². The second-order valence-electron chi connectivity index (χ2n) is 37.9. The second kappa shape index (κ2) is 60.7. The number of benzene rings is 4. The minimum Gasteiger partial charge on any atom is -0.490 e. The van der Waals surface area contributed by atoms with Gasteiger partial charge in [-0.2, -0.15) is 0 Å². The molecule has 0 N–H and O–H groups in total. The minimum absolute atomic E-state index is 0.287. The summed E-state index contributed by atoms with van der Waals surface area (Å²) in [6, 6.07) is 33.6. The normalized spacial score (nSPS) is 11.9. The highest BCUT2D eigenvalue weighted by molar-refractivity contribution is 6.03. The molecule has 776 valence electrons. The molecule has 24 nitrogen and oxygen atoms in total. The summed E-state index contributed by atoms with van der Waals surface area (Å²) >= 11 is 0. The lowest BCUT2D eigenvalue weighted by Crippen LogP contribution is -2.14. The SMILES string of the molecule is C=C(C)C(=O)OCCCCCCOc1ccc(-c2c3nc(c(-c4ccc(OCCCCCCOC(=O)C(=C)C)c(OCCCCCCOC(=O)C(=C)C)c4)c4ccc5c(-c6ccc(OCC(CC)CCCC)c(OCC(CC)CCCC)c6)c6nc(c(-c7ccc(OCCCCCCOC(=O)C(=C)C)c(OCCCCCCOC(=O)C(=C)C)c7)c7ccc2n7n45)C=C6)C=C3)cc1OCCCCCCOC(=O)C(=C)C. The van der Waals surface area contributed by atoms with Crippen molar-refractivity contribution in [3.8, 4) is 90.5 Å². The Balaban J connectivity index is 1.25. The molecule has 0 fully saturated rings. The third-order valence-electron chi connectivity index (χ3n) is 25.5. The highest BCUT2D eigenvalue weighted by atomic mass is 16.6. The quantitative estimate of drug-likeness (QED) is 0.0148. The summed E-state index contributed by atoms with van der Waals surface area (Å²) in [5, 5.41) is 0. The maximum Gasteiger partial charge on any atom is 0.333 e. The topological polar surface area (TPSA) is 266 Å². The maximum atomic E-state index is 12.4. The predicted octanol–water partition coefficient (Wildman–Crippen LogP) is 28.4. The first-order chi connectivity index (χ1) is 69.8. The highest BCUT2D eigenvalue weighted by Crippen LogP contribution is 2.48. The number of ether oxygens (including phenoxy) is 14. The van der Waals surface area contributed by atoms with Crippen LogP contribution in [0.25, 0.3) is 90.9 Å². The Bertz CT molecular complexity index is 5700. The Kier molecular flexibility index (Phi) is 47.6. The Hall–Kier alpha value is -12.9. The summed E-state index contributed by atoms with van der Waals surface area (Å²) in [6.45, 7) is 46.3. The van der Waals surface area contributed by atoms with Gasteiger partial charge < -0.3 is 66.3 Å². The van der Waals surface area contributed by atoms with Gasteiger partial charge >= 0.3 is 35.8 Å². The number of esters is 6. The van der Waals surface area contributed by atoms with Gasteiger partial charge in [-0.15, -0.1) is 0 Å². The molecule has 0 amide bonds. The standard InChI is InChI=1S/C120H156N4O20/c1-17-21-47-89(19-3)81-143-106-64-52-94(80-110(106)144-82-90(20-4)48-22-18-2)114-98-56-55-97(122-98)113(93-51-63-105(133-67-37-25-31-43-73-139-117(127)85(9)10)109(79-93)136-70-40-28-34-46-76-142-120(130)88(15)16)100-58-57-99-111(91-49-61-103(131-65-35-23-29-41-71-137-115(125)83(5)6)107(77-91)134-68-38-26-32-44-74-140-118(128)86(11)12)95-53-54-96(121-95)112(101-59-60-102(114)124(101)123(99)100)92-50-62-104(132-66-36-24-30-42-72-138-116(126)84(7)8)108(78-92)135-69-39-27-33-45-75-141-119(129)87(13)14/h49-64,77-80,89-90H,5,7,9,11,13,15,17-48,65-76,81-82H2,1-4,6,8,10,12,14,16H3. The minimum atomic E-state index is -0.406. The fourth-order valence-electron chi connectivity index (χ4n) is 17.0.